The lowest BCUT2D eigenvalue weighted by Gasteiger charge is -2.02. The van der Waals surface area contributed by atoms with E-state index in [9.17, 15) is 0 Å². The van der Waals surface area contributed by atoms with E-state index in [1.54, 1.807) is 0 Å². The quantitative estimate of drug-likeness (QED) is 0.247. The molecule has 4 N–H and O–H groups in total. The lowest BCUT2D eigenvalue weighted by atomic mass is 10.0. The monoisotopic (exact) mass is 322 g/mol. The molecule has 0 unspecified atom stereocenters. The second-order valence-corrected chi connectivity index (χ2v) is 6.73. The summed E-state index contributed by atoms with van der Waals surface area (Å²) < 4.78 is 0. The van der Waals surface area contributed by atoms with Crippen LogP contribution in [-0.2, 0) is 0 Å². The Morgan fingerprint density at radius 3 is 1.57 bits per heavy atom. The van der Waals surface area contributed by atoms with Gasteiger partial charge in [0.15, 0.2) is 0 Å². The van der Waals surface area contributed by atoms with Crippen LogP contribution in [0.3, 0.4) is 0 Å². The Kier molecular flexibility index (Phi) is 18.6. The third kappa shape index (κ3) is 19.2. The van der Waals surface area contributed by atoms with Gasteiger partial charge in [-0.2, -0.15) is 0 Å². The first-order chi connectivity index (χ1) is 11.3. The smallest absolute Gasteiger partial charge is 0.0282 e. The molecule has 0 radical (unpaired) electrons. The summed E-state index contributed by atoms with van der Waals surface area (Å²) in [6.07, 6.45) is 26.9. The van der Waals surface area contributed by atoms with E-state index in [-0.39, 0.29) is 0 Å². The van der Waals surface area contributed by atoms with Crippen molar-refractivity contribution >= 4 is 0 Å². The van der Waals surface area contributed by atoms with Crippen LogP contribution >= 0.6 is 0 Å². The number of unbranched alkanes of at least 4 members (excludes halogenated alkanes) is 14. The predicted molar refractivity (Wildman–Crippen MR) is 105 cm³/mol. The van der Waals surface area contributed by atoms with Crippen molar-refractivity contribution in [3.05, 3.63) is 23.9 Å². The van der Waals surface area contributed by atoms with Crippen LogP contribution < -0.4 is 11.5 Å². The maximum atomic E-state index is 5.74. The van der Waals surface area contributed by atoms with Gasteiger partial charge in [-0.3, -0.25) is 0 Å². The molecular formula is C21H42N2. The fourth-order valence-electron chi connectivity index (χ4n) is 2.88. The van der Waals surface area contributed by atoms with Crippen LogP contribution in [0.25, 0.3) is 0 Å². The van der Waals surface area contributed by atoms with Gasteiger partial charge in [0.2, 0.25) is 0 Å². The van der Waals surface area contributed by atoms with Crippen molar-refractivity contribution < 1.29 is 0 Å². The molecule has 0 rings (SSSR count). The molecule has 0 atom stereocenters. The van der Waals surface area contributed by atoms with E-state index in [0.717, 1.165) is 12.1 Å². The summed E-state index contributed by atoms with van der Waals surface area (Å²) in [5.41, 5.74) is 11.9. The van der Waals surface area contributed by atoms with Gasteiger partial charge in [-0.1, -0.05) is 96.5 Å². The van der Waals surface area contributed by atoms with Gasteiger partial charge in [-0.05, 0) is 25.0 Å². The topological polar surface area (TPSA) is 52.0 Å². The Hall–Kier alpha value is -0.760. The molecule has 2 nitrogen and oxygen atoms in total. The molecule has 0 saturated carbocycles. The van der Waals surface area contributed by atoms with Crippen LogP contribution in [0.15, 0.2) is 23.9 Å². The highest BCUT2D eigenvalue weighted by Gasteiger charge is 1.93. The van der Waals surface area contributed by atoms with Crippen molar-refractivity contribution in [1.82, 2.24) is 0 Å². The number of hydrogen-bond donors (Lipinski definition) is 2. The molecular weight excluding hydrogens is 280 g/mol. The molecule has 0 aromatic heterocycles. The molecule has 0 heterocycles. The third-order valence-electron chi connectivity index (χ3n) is 4.39. The van der Waals surface area contributed by atoms with Crippen LogP contribution in [-0.4, -0.2) is 6.54 Å². The van der Waals surface area contributed by atoms with Crippen molar-refractivity contribution in [2.24, 2.45) is 11.5 Å². The summed E-state index contributed by atoms with van der Waals surface area (Å²) in [5, 5.41) is 0. The summed E-state index contributed by atoms with van der Waals surface area (Å²) in [6, 6.07) is 0. The van der Waals surface area contributed by atoms with E-state index >= 15 is 0 Å². The molecule has 0 aliphatic heterocycles. The van der Waals surface area contributed by atoms with Gasteiger partial charge in [0, 0.05) is 12.2 Å². The average molecular weight is 323 g/mol. The molecule has 0 aromatic rings. The van der Waals surface area contributed by atoms with Gasteiger partial charge in [0.05, 0.1) is 0 Å². The van der Waals surface area contributed by atoms with E-state index in [0.29, 0.717) is 6.54 Å². The first-order valence-electron chi connectivity index (χ1n) is 10.1. The first-order valence-corrected chi connectivity index (χ1v) is 10.1. The molecule has 0 bridgehead atoms. The summed E-state index contributed by atoms with van der Waals surface area (Å²) in [5.74, 6) is 0. The van der Waals surface area contributed by atoms with Crippen molar-refractivity contribution in [1.29, 1.82) is 0 Å². The first kappa shape index (κ1) is 22.2. The highest BCUT2D eigenvalue weighted by Crippen LogP contribution is 2.13. The molecule has 0 aliphatic carbocycles. The normalized spacial score (nSPS) is 12.3. The van der Waals surface area contributed by atoms with E-state index in [2.05, 4.69) is 13.0 Å². The van der Waals surface area contributed by atoms with Gasteiger partial charge in [-0.15, -0.1) is 0 Å². The Balaban J connectivity index is 3.12. The Bertz CT molecular complexity index is 282. The Morgan fingerprint density at radius 2 is 1.13 bits per heavy atom. The Morgan fingerprint density at radius 1 is 0.696 bits per heavy atom. The van der Waals surface area contributed by atoms with Crippen molar-refractivity contribution in [3.63, 3.8) is 0 Å². The molecule has 0 aromatic carbocycles. The highest BCUT2D eigenvalue weighted by molar-refractivity contribution is 5.14. The zero-order valence-corrected chi connectivity index (χ0v) is 15.7. The van der Waals surface area contributed by atoms with E-state index in [1.807, 2.05) is 12.2 Å². The summed E-state index contributed by atoms with van der Waals surface area (Å²) >= 11 is 0. The minimum Gasteiger partial charge on any atom is -0.399 e. The minimum absolute atomic E-state index is 0.523. The van der Waals surface area contributed by atoms with Gasteiger partial charge in [0.1, 0.15) is 0 Å². The summed E-state index contributed by atoms with van der Waals surface area (Å²) in [7, 11) is 0. The average Bonchev–Trinajstić information content (AvgIpc) is 2.54. The van der Waals surface area contributed by atoms with Crippen LogP contribution in [0.2, 0.25) is 0 Å². The minimum atomic E-state index is 0.523. The third-order valence-corrected chi connectivity index (χ3v) is 4.39. The summed E-state index contributed by atoms with van der Waals surface area (Å²) in [4.78, 5) is 0. The predicted octanol–water partition coefficient (Wildman–Crippen LogP) is 6.22. The standard InChI is InChI=1S/C21H42N2/c1-2-3-4-5-6-7-8-9-10-11-12-13-14-15-16-17-18-21(23)19-20-22/h17-19H,2-16,20,22-23H2,1H3. The fourth-order valence-corrected chi connectivity index (χ4v) is 2.88. The highest BCUT2D eigenvalue weighted by atomic mass is 14.6. The van der Waals surface area contributed by atoms with Gasteiger partial charge < -0.3 is 11.5 Å². The largest absolute Gasteiger partial charge is 0.399 e. The molecule has 0 aliphatic rings. The maximum Gasteiger partial charge on any atom is 0.0282 e. The van der Waals surface area contributed by atoms with Crippen LogP contribution in [0.4, 0.5) is 0 Å². The number of rotatable bonds is 17. The van der Waals surface area contributed by atoms with Gasteiger partial charge >= 0.3 is 0 Å². The molecule has 136 valence electrons. The Labute approximate surface area is 145 Å². The molecule has 0 saturated heterocycles. The zero-order valence-electron chi connectivity index (χ0n) is 15.7. The molecule has 0 amide bonds. The van der Waals surface area contributed by atoms with Crippen LogP contribution in [0.5, 0.6) is 0 Å². The molecule has 23 heavy (non-hydrogen) atoms. The van der Waals surface area contributed by atoms with Crippen molar-refractivity contribution in [2.75, 3.05) is 6.54 Å². The maximum absolute atomic E-state index is 5.74. The van der Waals surface area contributed by atoms with E-state index in [1.165, 1.54) is 89.9 Å². The fraction of sp³-hybridized carbons (Fsp3) is 0.810. The lowest BCUT2D eigenvalue weighted by Crippen LogP contribution is -2.00. The van der Waals surface area contributed by atoms with E-state index in [4.69, 9.17) is 11.5 Å². The summed E-state index contributed by atoms with van der Waals surface area (Å²) in [6.45, 7) is 2.81. The lowest BCUT2D eigenvalue weighted by molar-refractivity contribution is 0.536. The zero-order chi connectivity index (χ0) is 17.0. The SMILES string of the molecule is CCCCCCCCCCCCCCCCC=CC(N)=CCN. The molecule has 0 fully saturated rings. The second kappa shape index (κ2) is 19.3. The number of nitrogens with two attached hydrogens (primary N) is 2. The van der Waals surface area contributed by atoms with Crippen molar-refractivity contribution in [2.45, 2.75) is 103 Å². The van der Waals surface area contributed by atoms with Crippen LogP contribution in [0.1, 0.15) is 103 Å². The molecule has 2 heteroatoms. The van der Waals surface area contributed by atoms with Gasteiger partial charge in [-0.25, -0.2) is 0 Å². The van der Waals surface area contributed by atoms with E-state index < -0.39 is 0 Å². The van der Waals surface area contributed by atoms with Crippen molar-refractivity contribution in [3.8, 4) is 0 Å². The van der Waals surface area contributed by atoms with Crippen LogP contribution in [0, 0.1) is 0 Å². The van der Waals surface area contributed by atoms with Gasteiger partial charge in [0.25, 0.3) is 0 Å². The second-order valence-electron chi connectivity index (χ2n) is 6.73. The number of hydrogen-bond acceptors (Lipinski definition) is 2. The number of allylic oxidation sites excluding steroid dienone is 2. The molecule has 0 spiro atoms.